The van der Waals surface area contributed by atoms with Crippen molar-refractivity contribution in [3.05, 3.63) is 40.1 Å². The Kier molecular flexibility index (Phi) is 3.56. The third kappa shape index (κ3) is 2.80. The van der Waals surface area contributed by atoms with Gasteiger partial charge in [0.15, 0.2) is 0 Å². The van der Waals surface area contributed by atoms with E-state index in [1.54, 1.807) is 0 Å². The molecule has 1 aromatic heterocycles. The summed E-state index contributed by atoms with van der Waals surface area (Å²) < 4.78 is 5.23. The quantitative estimate of drug-likeness (QED) is 0.937. The highest BCUT2D eigenvalue weighted by Gasteiger charge is 2.07. The zero-order chi connectivity index (χ0) is 11.5. The van der Waals surface area contributed by atoms with E-state index < -0.39 is 0 Å². The van der Waals surface area contributed by atoms with Crippen molar-refractivity contribution in [2.24, 2.45) is 0 Å². The van der Waals surface area contributed by atoms with Gasteiger partial charge in [0.1, 0.15) is 5.82 Å². The van der Waals surface area contributed by atoms with Crippen LogP contribution in [-0.2, 0) is 0 Å². The van der Waals surface area contributed by atoms with E-state index in [2.05, 4.69) is 49.7 Å². The van der Waals surface area contributed by atoms with Crippen molar-refractivity contribution in [2.45, 2.75) is 19.9 Å². The molecular formula is C11H12BrN3S. The first kappa shape index (κ1) is 11.5. The summed E-state index contributed by atoms with van der Waals surface area (Å²) in [6.45, 7) is 4.01. The van der Waals surface area contributed by atoms with Gasteiger partial charge in [0.2, 0.25) is 5.13 Å². The SMILES string of the molecule is Cc1nsc(NC(C)c2ccc(Br)cc2)n1. The number of aryl methyl sites for hydroxylation is 1. The molecule has 1 aromatic carbocycles. The Morgan fingerprint density at radius 1 is 1.31 bits per heavy atom. The Hall–Kier alpha value is -0.940. The van der Waals surface area contributed by atoms with Gasteiger partial charge in [0.05, 0.1) is 6.04 Å². The molecule has 1 unspecified atom stereocenters. The fourth-order valence-corrected chi connectivity index (χ4v) is 2.30. The largest absolute Gasteiger partial charge is 0.354 e. The van der Waals surface area contributed by atoms with E-state index in [0.29, 0.717) is 0 Å². The number of halogens is 1. The van der Waals surface area contributed by atoms with Gasteiger partial charge in [-0.3, -0.25) is 0 Å². The van der Waals surface area contributed by atoms with Crippen molar-refractivity contribution in [1.82, 2.24) is 9.36 Å². The summed E-state index contributed by atoms with van der Waals surface area (Å²) in [5.74, 6) is 0.815. The van der Waals surface area contributed by atoms with Gasteiger partial charge in [-0.25, -0.2) is 4.98 Å². The van der Waals surface area contributed by atoms with Crippen LogP contribution in [0.1, 0.15) is 24.4 Å². The zero-order valence-corrected chi connectivity index (χ0v) is 11.5. The van der Waals surface area contributed by atoms with E-state index in [0.717, 1.165) is 15.4 Å². The average Bonchev–Trinajstić information content (AvgIpc) is 2.65. The highest BCUT2D eigenvalue weighted by molar-refractivity contribution is 9.10. The van der Waals surface area contributed by atoms with Gasteiger partial charge in [-0.15, -0.1) is 0 Å². The molecule has 0 fully saturated rings. The predicted molar refractivity (Wildman–Crippen MR) is 70.8 cm³/mol. The number of hydrogen-bond acceptors (Lipinski definition) is 4. The van der Waals surface area contributed by atoms with Crippen molar-refractivity contribution in [2.75, 3.05) is 5.32 Å². The van der Waals surface area contributed by atoms with Crippen LogP contribution in [0.5, 0.6) is 0 Å². The van der Waals surface area contributed by atoms with E-state index >= 15 is 0 Å². The van der Waals surface area contributed by atoms with Gasteiger partial charge in [-0.1, -0.05) is 28.1 Å². The summed E-state index contributed by atoms with van der Waals surface area (Å²) in [7, 11) is 0. The number of hydrogen-bond donors (Lipinski definition) is 1. The molecule has 0 aliphatic carbocycles. The molecule has 1 N–H and O–H groups in total. The van der Waals surface area contributed by atoms with Crippen molar-refractivity contribution in [3.8, 4) is 0 Å². The summed E-state index contributed by atoms with van der Waals surface area (Å²) in [5.41, 5.74) is 1.23. The van der Waals surface area contributed by atoms with E-state index in [4.69, 9.17) is 0 Å². The van der Waals surface area contributed by atoms with E-state index in [9.17, 15) is 0 Å². The number of benzene rings is 1. The summed E-state index contributed by atoms with van der Waals surface area (Å²) in [6.07, 6.45) is 0. The van der Waals surface area contributed by atoms with Crippen LogP contribution in [0, 0.1) is 6.92 Å². The Morgan fingerprint density at radius 2 is 2.00 bits per heavy atom. The third-order valence-corrected chi connectivity index (χ3v) is 3.50. The minimum absolute atomic E-state index is 0.237. The monoisotopic (exact) mass is 297 g/mol. The summed E-state index contributed by atoms with van der Waals surface area (Å²) >= 11 is 4.82. The Morgan fingerprint density at radius 3 is 2.56 bits per heavy atom. The lowest BCUT2D eigenvalue weighted by atomic mass is 10.1. The lowest BCUT2D eigenvalue weighted by molar-refractivity contribution is 0.879. The Bertz CT molecular complexity index is 466. The molecule has 84 valence electrons. The average molecular weight is 298 g/mol. The second-order valence-corrected chi connectivity index (χ2v) is 5.23. The van der Waals surface area contributed by atoms with E-state index in [1.165, 1.54) is 17.1 Å². The van der Waals surface area contributed by atoms with Crippen molar-refractivity contribution in [1.29, 1.82) is 0 Å². The Labute approximate surface area is 107 Å². The van der Waals surface area contributed by atoms with Crippen LogP contribution in [-0.4, -0.2) is 9.36 Å². The fourth-order valence-electron chi connectivity index (χ4n) is 1.38. The molecule has 0 aliphatic rings. The normalized spacial score (nSPS) is 12.4. The van der Waals surface area contributed by atoms with Gasteiger partial charge in [-0.2, -0.15) is 4.37 Å². The van der Waals surface area contributed by atoms with Gasteiger partial charge in [-0.05, 0) is 31.5 Å². The lowest BCUT2D eigenvalue weighted by Crippen LogP contribution is -2.06. The predicted octanol–water partition coefficient (Wildman–Crippen LogP) is 3.78. The molecular weight excluding hydrogens is 286 g/mol. The summed E-state index contributed by atoms with van der Waals surface area (Å²) in [4.78, 5) is 4.28. The number of nitrogens with one attached hydrogen (secondary N) is 1. The van der Waals surface area contributed by atoms with Crippen LogP contribution in [0.25, 0.3) is 0 Å². The maximum atomic E-state index is 4.28. The Balaban J connectivity index is 2.08. The third-order valence-electron chi connectivity index (χ3n) is 2.24. The molecule has 2 rings (SSSR count). The van der Waals surface area contributed by atoms with E-state index in [-0.39, 0.29) is 6.04 Å². The van der Waals surface area contributed by atoms with Crippen molar-refractivity contribution in [3.63, 3.8) is 0 Å². The molecule has 0 aliphatic heterocycles. The molecule has 0 amide bonds. The second-order valence-electron chi connectivity index (χ2n) is 3.56. The van der Waals surface area contributed by atoms with Crippen LogP contribution >= 0.6 is 27.5 Å². The van der Waals surface area contributed by atoms with E-state index in [1.807, 2.05) is 19.1 Å². The minimum Gasteiger partial charge on any atom is -0.354 e. The van der Waals surface area contributed by atoms with Crippen LogP contribution in [0.2, 0.25) is 0 Å². The van der Waals surface area contributed by atoms with Gasteiger partial charge in [0, 0.05) is 16.0 Å². The fraction of sp³-hybridized carbons (Fsp3) is 0.273. The molecule has 0 saturated carbocycles. The molecule has 16 heavy (non-hydrogen) atoms. The molecule has 0 bridgehead atoms. The minimum atomic E-state index is 0.237. The molecule has 3 nitrogen and oxygen atoms in total. The smallest absolute Gasteiger partial charge is 0.203 e. The topological polar surface area (TPSA) is 37.8 Å². The molecule has 0 radical (unpaired) electrons. The van der Waals surface area contributed by atoms with Crippen LogP contribution in [0.15, 0.2) is 28.7 Å². The van der Waals surface area contributed by atoms with Gasteiger partial charge < -0.3 is 5.32 Å². The number of rotatable bonds is 3. The number of aromatic nitrogens is 2. The molecule has 0 spiro atoms. The van der Waals surface area contributed by atoms with Crippen molar-refractivity contribution >= 4 is 32.6 Å². The first-order valence-corrected chi connectivity index (χ1v) is 6.54. The van der Waals surface area contributed by atoms with Crippen LogP contribution in [0.4, 0.5) is 5.13 Å². The van der Waals surface area contributed by atoms with Crippen LogP contribution < -0.4 is 5.32 Å². The highest BCUT2D eigenvalue weighted by Crippen LogP contribution is 2.21. The molecule has 1 heterocycles. The molecule has 1 atom stereocenters. The van der Waals surface area contributed by atoms with Crippen molar-refractivity contribution < 1.29 is 0 Å². The maximum Gasteiger partial charge on any atom is 0.203 e. The molecule has 5 heteroatoms. The molecule has 0 saturated heterocycles. The van der Waals surface area contributed by atoms with Crippen LogP contribution in [0.3, 0.4) is 0 Å². The summed E-state index contributed by atoms with van der Waals surface area (Å²) in [6, 6.07) is 8.50. The van der Waals surface area contributed by atoms with Gasteiger partial charge >= 0.3 is 0 Å². The summed E-state index contributed by atoms with van der Waals surface area (Å²) in [5, 5.41) is 4.20. The van der Waals surface area contributed by atoms with Gasteiger partial charge in [0.25, 0.3) is 0 Å². The lowest BCUT2D eigenvalue weighted by Gasteiger charge is -2.12. The highest BCUT2D eigenvalue weighted by atomic mass is 79.9. The number of anilines is 1. The first-order chi connectivity index (χ1) is 7.65. The standard InChI is InChI=1S/C11H12BrN3S/c1-7(9-3-5-10(12)6-4-9)13-11-14-8(2)15-16-11/h3-7H,1-2H3,(H,13,14,15). The molecule has 2 aromatic rings. The first-order valence-electron chi connectivity index (χ1n) is 4.97. The zero-order valence-electron chi connectivity index (χ0n) is 9.07. The maximum absolute atomic E-state index is 4.28. The second kappa shape index (κ2) is 4.93. The number of nitrogens with zero attached hydrogens (tertiary/aromatic N) is 2.